The zero-order chi connectivity index (χ0) is 13.0. The Kier molecular flexibility index (Phi) is 4.72. The Labute approximate surface area is 109 Å². The first-order valence-corrected chi connectivity index (χ1v) is 7.02. The van der Waals surface area contributed by atoms with E-state index in [1.165, 1.54) is 19.3 Å². The molecule has 0 amide bonds. The maximum absolute atomic E-state index is 5.89. The Balaban J connectivity index is 1.95. The first kappa shape index (κ1) is 13.5. The largest absolute Gasteiger partial charge is 0.339 e. The molecule has 18 heavy (non-hydrogen) atoms. The highest BCUT2D eigenvalue weighted by molar-refractivity contribution is 4.90. The van der Waals surface area contributed by atoms with Gasteiger partial charge < -0.3 is 10.3 Å². The molecule has 2 N–H and O–H groups in total. The van der Waals surface area contributed by atoms with Crippen molar-refractivity contribution in [1.82, 2.24) is 15.0 Å². The summed E-state index contributed by atoms with van der Waals surface area (Å²) in [5, 5.41) is 4.02. The average molecular weight is 252 g/mol. The second-order valence-corrected chi connectivity index (χ2v) is 5.12. The van der Waals surface area contributed by atoms with Crippen molar-refractivity contribution in [3.8, 4) is 0 Å². The van der Waals surface area contributed by atoms with Crippen LogP contribution < -0.4 is 5.73 Å². The van der Waals surface area contributed by atoms with Crippen LogP contribution in [-0.2, 0) is 13.0 Å². The number of nitrogens with two attached hydrogens (primary N) is 1. The topological polar surface area (TPSA) is 68.2 Å². The zero-order valence-electron chi connectivity index (χ0n) is 11.4. The van der Waals surface area contributed by atoms with E-state index in [9.17, 15) is 0 Å². The number of aromatic nitrogens is 2. The average Bonchev–Trinajstić information content (AvgIpc) is 2.87. The number of rotatable bonds is 5. The van der Waals surface area contributed by atoms with Crippen molar-refractivity contribution in [2.24, 2.45) is 11.7 Å². The first-order chi connectivity index (χ1) is 8.76. The van der Waals surface area contributed by atoms with Crippen LogP contribution in [0.2, 0.25) is 0 Å². The van der Waals surface area contributed by atoms with Crippen molar-refractivity contribution in [2.45, 2.75) is 52.1 Å². The molecule has 5 heteroatoms. The third-order valence-corrected chi connectivity index (χ3v) is 3.95. The number of aryl methyl sites for hydroxylation is 1. The summed E-state index contributed by atoms with van der Waals surface area (Å²) in [6, 6.07) is 0.465. The minimum atomic E-state index is 0.465. The summed E-state index contributed by atoms with van der Waals surface area (Å²) in [7, 11) is 0. The molecule has 1 fully saturated rings. The van der Waals surface area contributed by atoms with Crippen LogP contribution in [-0.4, -0.2) is 34.2 Å². The van der Waals surface area contributed by atoms with Crippen LogP contribution in [0.4, 0.5) is 0 Å². The molecule has 2 unspecified atom stereocenters. The third-order valence-electron chi connectivity index (χ3n) is 3.95. The van der Waals surface area contributed by atoms with Gasteiger partial charge in [-0.15, -0.1) is 0 Å². The summed E-state index contributed by atoms with van der Waals surface area (Å²) >= 11 is 0. The van der Waals surface area contributed by atoms with Crippen LogP contribution in [0.1, 0.15) is 44.8 Å². The Morgan fingerprint density at radius 2 is 2.28 bits per heavy atom. The molecule has 0 aromatic carbocycles. The number of likely N-dealkylation sites (tertiary alicyclic amines) is 1. The predicted octanol–water partition coefficient (Wildman–Crippen LogP) is 1.58. The fourth-order valence-corrected chi connectivity index (χ4v) is 2.69. The molecule has 0 saturated carbocycles. The smallest absolute Gasteiger partial charge is 0.226 e. The summed E-state index contributed by atoms with van der Waals surface area (Å²) in [4.78, 5) is 6.77. The van der Waals surface area contributed by atoms with E-state index in [-0.39, 0.29) is 0 Å². The molecule has 1 aliphatic heterocycles. The Morgan fingerprint density at radius 1 is 1.44 bits per heavy atom. The Bertz CT molecular complexity index is 366. The SMILES string of the molecule is CCc1nc(CN2CCC(CC)CC2CN)no1. The van der Waals surface area contributed by atoms with E-state index in [2.05, 4.69) is 22.0 Å². The van der Waals surface area contributed by atoms with Crippen LogP contribution in [0.15, 0.2) is 4.52 Å². The molecule has 1 aliphatic rings. The van der Waals surface area contributed by atoms with E-state index < -0.39 is 0 Å². The van der Waals surface area contributed by atoms with Crippen molar-refractivity contribution >= 4 is 0 Å². The van der Waals surface area contributed by atoms with Gasteiger partial charge in [0.05, 0.1) is 6.54 Å². The predicted molar refractivity (Wildman–Crippen MR) is 69.9 cm³/mol. The van der Waals surface area contributed by atoms with E-state index in [0.29, 0.717) is 6.04 Å². The van der Waals surface area contributed by atoms with Crippen LogP contribution >= 0.6 is 0 Å². The highest BCUT2D eigenvalue weighted by Crippen LogP contribution is 2.25. The number of hydrogen-bond acceptors (Lipinski definition) is 5. The molecule has 2 heterocycles. The lowest BCUT2D eigenvalue weighted by molar-refractivity contribution is 0.104. The monoisotopic (exact) mass is 252 g/mol. The summed E-state index contributed by atoms with van der Waals surface area (Å²) in [5.41, 5.74) is 5.89. The van der Waals surface area contributed by atoms with Gasteiger partial charge in [0.25, 0.3) is 0 Å². The molecule has 5 nitrogen and oxygen atoms in total. The molecule has 1 aromatic rings. The lowest BCUT2D eigenvalue weighted by atomic mass is 9.89. The minimum Gasteiger partial charge on any atom is -0.339 e. The summed E-state index contributed by atoms with van der Waals surface area (Å²) in [6.07, 6.45) is 4.51. The van der Waals surface area contributed by atoms with Gasteiger partial charge in [0.2, 0.25) is 5.89 Å². The van der Waals surface area contributed by atoms with Crippen LogP contribution in [0.5, 0.6) is 0 Å². The van der Waals surface area contributed by atoms with Crippen molar-refractivity contribution in [2.75, 3.05) is 13.1 Å². The molecule has 102 valence electrons. The maximum Gasteiger partial charge on any atom is 0.226 e. The van der Waals surface area contributed by atoms with Crippen molar-refractivity contribution in [3.63, 3.8) is 0 Å². The molecule has 1 saturated heterocycles. The molecular weight excluding hydrogens is 228 g/mol. The van der Waals surface area contributed by atoms with E-state index in [1.54, 1.807) is 0 Å². The van der Waals surface area contributed by atoms with E-state index in [4.69, 9.17) is 10.3 Å². The number of piperidine rings is 1. The van der Waals surface area contributed by atoms with E-state index in [0.717, 1.165) is 43.7 Å². The highest BCUT2D eigenvalue weighted by Gasteiger charge is 2.27. The first-order valence-electron chi connectivity index (χ1n) is 7.02. The number of hydrogen-bond donors (Lipinski definition) is 1. The van der Waals surface area contributed by atoms with E-state index >= 15 is 0 Å². The van der Waals surface area contributed by atoms with Gasteiger partial charge in [0.1, 0.15) is 0 Å². The van der Waals surface area contributed by atoms with E-state index in [1.807, 2.05) is 6.92 Å². The Hall–Kier alpha value is -0.940. The second-order valence-electron chi connectivity index (χ2n) is 5.12. The van der Waals surface area contributed by atoms with Crippen molar-refractivity contribution in [1.29, 1.82) is 0 Å². The van der Waals surface area contributed by atoms with Crippen molar-refractivity contribution in [3.05, 3.63) is 11.7 Å². The van der Waals surface area contributed by atoms with Gasteiger partial charge in [-0.05, 0) is 25.3 Å². The molecule has 1 aromatic heterocycles. The van der Waals surface area contributed by atoms with Crippen LogP contribution in [0.25, 0.3) is 0 Å². The third kappa shape index (κ3) is 3.09. The summed E-state index contributed by atoms with van der Waals surface area (Å²) < 4.78 is 5.15. The van der Waals surface area contributed by atoms with Gasteiger partial charge in [0.15, 0.2) is 5.82 Å². The molecule has 0 radical (unpaired) electrons. The van der Waals surface area contributed by atoms with Crippen molar-refractivity contribution < 1.29 is 4.52 Å². The molecule has 2 rings (SSSR count). The molecule has 0 spiro atoms. The van der Waals surface area contributed by atoms with Crippen LogP contribution in [0, 0.1) is 5.92 Å². The summed E-state index contributed by atoms with van der Waals surface area (Å²) in [6.45, 7) is 6.86. The van der Waals surface area contributed by atoms with Gasteiger partial charge in [-0.2, -0.15) is 4.98 Å². The van der Waals surface area contributed by atoms with Gasteiger partial charge in [0, 0.05) is 19.0 Å². The minimum absolute atomic E-state index is 0.465. The fraction of sp³-hybridized carbons (Fsp3) is 0.846. The van der Waals surface area contributed by atoms with Gasteiger partial charge in [-0.25, -0.2) is 0 Å². The van der Waals surface area contributed by atoms with Crippen LogP contribution in [0.3, 0.4) is 0 Å². The molecular formula is C13H24N4O. The lowest BCUT2D eigenvalue weighted by Crippen LogP contribution is -2.46. The maximum atomic E-state index is 5.89. The second kappa shape index (κ2) is 6.29. The van der Waals surface area contributed by atoms with Gasteiger partial charge in [-0.1, -0.05) is 25.4 Å². The molecule has 0 aliphatic carbocycles. The Morgan fingerprint density at radius 3 is 2.89 bits per heavy atom. The fourth-order valence-electron chi connectivity index (χ4n) is 2.69. The molecule has 0 bridgehead atoms. The zero-order valence-corrected chi connectivity index (χ0v) is 11.4. The van der Waals surface area contributed by atoms with Gasteiger partial charge in [-0.3, -0.25) is 4.90 Å². The quantitative estimate of drug-likeness (QED) is 0.861. The molecule has 2 atom stereocenters. The highest BCUT2D eigenvalue weighted by atomic mass is 16.5. The summed E-state index contributed by atoms with van der Waals surface area (Å²) in [5.74, 6) is 2.34. The lowest BCUT2D eigenvalue weighted by Gasteiger charge is -2.38. The van der Waals surface area contributed by atoms with Gasteiger partial charge >= 0.3 is 0 Å². The number of nitrogens with zero attached hydrogens (tertiary/aromatic N) is 3. The standard InChI is InChI=1S/C13H24N4O/c1-3-10-5-6-17(11(7-10)8-14)9-12-15-13(4-2)18-16-12/h10-11H,3-9,14H2,1-2H3. The normalized spacial score (nSPS) is 25.5.